The molecule has 1 fully saturated rings. The Morgan fingerprint density at radius 3 is 2.48 bits per heavy atom. The quantitative estimate of drug-likeness (QED) is 0.168. The number of rotatable bonds is 11. The fourth-order valence-corrected chi connectivity index (χ4v) is 3.55. The second kappa shape index (κ2) is 17.3. The number of benzene rings is 1. The van der Waals surface area contributed by atoms with E-state index in [1.54, 1.807) is 18.4 Å². The summed E-state index contributed by atoms with van der Waals surface area (Å²) >= 11 is 0. The van der Waals surface area contributed by atoms with E-state index in [1.807, 2.05) is 19.1 Å². The van der Waals surface area contributed by atoms with Gasteiger partial charge in [0, 0.05) is 49.6 Å². The van der Waals surface area contributed by atoms with Gasteiger partial charge in [0.15, 0.2) is 0 Å². The van der Waals surface area contributed by atoms with Gasteiger partial charge >= 0.3 is 6.18 Å². The summed E-state index contributed by atoms with van der Waals surface area (Å²) in [5, 5.41) is 12.1. The Balaban J connectivity index is 0.00000106. The number of amides is 3. The first-order valence-electron chi connectivity index (χ1n) is 13.4. The third kappa shape index (κ3) is 13.5. The summed E-state index contributed by atoms with van der Waals surface area (Å²) in [7, 11) is 1.77. The number of nitrogens with one attached hydrogen (secondary N) is 3. The summed E-state index contributed by atoms with van der Waals surface area (Å²) < 4.78 is 69.7. The van der Waals surface area contributed by atoms with Crippen molar-refractivity contribution in [1.29, 1.82) is 5.41 Å². The molecule has 1 aromatic rings. The third-order valence-corrected chi connectivity index (χ3v) is 6.14. The molecular weight excluding hydrogens is 591 g/mol. The summed E-state index contributed by atoms with van der Waals surface area (Å²) in [5.41, 5.74) is 5.27. The van der Waals surface area contributed by atoms with E-state index in [2.05, 4.69) is 16.9 Å². The van der Waals surface area contributed by atoms with Crippen LogP contribution in [0.1, 0.15) is 32.8 Å². The number of likely N-dealkylation sites (tertiary alicyclic amines) is 1. The number of nitrogens with two attached hydrogens (primary N) is 1. The predicted molar refractivity (Wildman–Crippen MR) is 156 cm³/mol. The molecule has 0 spiro atoms. The molecule has 0 bridgehead atoms. The van der Waals surface area contributed by atoms with Crippen LogP contribution in [0.2, 0.25) is 0 Å². The number of hydrogen-bond acceptors (Lipinski definition) is 7. The second-order valence-electron chi connectivity index (χ2n) is 10.4. The van der Waals surface area contributed by atoms with E-state index in [1.165, 1.54) is 13.8 Å². The van der Waals surface area contributed by atoms with Crippen LogP contribution in [0.15, 0.2) is 48.0 Å². The van der Waals surface area contributed by atoms with Crippen molar-refractivity contribution in [1.82, 2.24) is 15.5 Å². The predicted octanol–water partition coefficient (Wildman–Crippen LogP) is 3.07. The zero-order valence-electron chi connectivity index (χ0n) is 25.1. The van der Waals surface area contributed by atoms with Crippen molar-refractivity contribution in [3.63, 3.8) is 0 Å². The average Bonchev–Trinajstić information content (AvgIpc) is 2.94. The summed E-state index contributed by atoms with van der Waals surface area (Å²) in [6, 6.07) is 1.50. The number of nitrogens with zero attached hydrogens (tertiary/aromatic N) is 2. The number of piperidine rings is 1. The van der Waals surface area contributed by atoms with Gasteiger partial charge in [-0.1, -0.05) is 24.8 Å². The number of allylic oxidation sites excluding steroid dienone is 3. The molecule has 3 amide bonds. The molecule has 5 N–H and O–H groups in total. The van der Waals surface area contributed by atoms with Crippen LogP contribution in [0.5, 0.6) is 0 Å². The van der Waals surface area contributed by atoms with E-state index in [9.17, 15) is 36.3 Å². The zero-order valence-corrected chi connectivity index (χ0v) is 25.1. The molecule has 15 heteroatoms. The molecule has 1 aromatic carbocycles. The van der Waals surface area contributed by atoms with Crippen LogP contribution in [0.4, 0.5) is 22.0 Å². The average molecular weight is 631 g/mol. The molecule has 0 saturated carbocycles. The second-order valence-corrected chi connectivity index (χ2v) is 10.4. The fraction of sp³-hybridized carbons (Fsp3) is 0.483. The lowest BCUT2D eigenvalue weighted by Gasteiger charge is -2.35. The van der Waals surface area contributed by atoms with Gasteiger partial charge in [0.05, 0.1) is 24.7 Å². The van der Waals surface area contributed by atoms with Crippen molar-refractivity contribution in [2.45, 2.75) is 51.6 Å². The molecule has 244 valence electrons. The van der Waals surface area contributed by atoms with E-state index < -0.39 is 66.2 Å². The Morgan fingerprint density at radius 2 is 1.93 bits per heavy atom. The highest BCUT2D eigenvalue weighted by molar-refractivity contribution is 6.04. The maximum absolute atomic E-state index is 13.9. The van der Waals surface area contributed by atoms with Crippen molar-refractivity contribution >= 4 is 29.1 Å². The van der Waals surface area contributed by atoms with Crippen molar-refractivity contribution in [2.24, 2.45) is 16.6 Å². The van der Waals surface area contributed by atoms with Gasteiger partial charge in [0.25, 0.3) is 0 Å². The van der Waals surface area contributed by atoms with E-state index >= 15 is 0 Å². The number of alkyl halides is 3. The highest BCUT2D eigenvalue weighted by atomic mass is 19.4. The Labute approximate surface area is 253 Å². The molecule has 0 radical (unpaired) electrons. The van der Waals surface area contributed by atoms with Crippen LogP contribution in [-0.4, -0.2) is 85.1 Å². The van der Waals surface area contributed by atoms with E-state index in [0.29, 0.717) is 6.07 Å². The lowest BCUT2D eigenvalue weighted by Crippen LogP contribution is -2.60. The van der Waals surface area contributed by atoms with Crippen molar-refractivity contribution in [2.75, 3.05) is 33.3 Å². The molecule has 1 aliphatic rings. The molecule has 1 heterocycles. The summed E-state index contributed by atoms with van der Waals surface area (Å²) in [4.78, 5) is 42.9. The topological polar surface area (TPSA) is 150 Å². The SMILES string of the molecule is C=C/C=C\C(C)=NC.CC(C)(N)C(=O)NC(COCc1ccc(F)cc1F)C(=O)N1CCC(=N)C(C(=O)NCC(F)(F)F)C1. The smallest absolute Gasteiger partial charge is 0.374 e. The van der Waals surface area contributed by atoms with Crippen molar-refractivity contribution < 1.29 is 41.1 Å². The Morgan fingerprint density at radius 1 is 1.27 bits per heavy atom. The molecule has 0 aliphatic carbocycles. The number of hydrogen-bond donors (Lipinski definition) is 4. The van der Waals surface area contributed by atoms with Gasteiger partial charge in [-0.2, -0.15) is 13.2 Å². The van der Waals surface area contributed by atoms with Gasteiger partial charge in [-0.05, 0) is 32.9 Å². The molecule has 44 heavy (non-hydrogen) atoms. The number of carbonyl (C=O) groups excluding carboxylic acids is 3. The van der Waals surface area contributed by atoms with Gasteiger partial charge in [-0.3, -0.25) is 19.4 Å². The number of halogens is 5. The molecule has 2 atom stereocenters. The molecule has 1 aliphatic heterocycles. The van der Waals surface area contributed by atoms with Crippen molar-refractivity contribution in [3.8, 4) is 0 Å². The van der Waals surface area contributed by atoms with Crippen molar-refractivity contribution in [3.05, 3.63) is 60.2 Å². The summed E-state index contributed by atoms with van der Waals surface area (Å²) in [6.45, 7) is 5.46. The first kappa shape index (κ1) is 38.0. The van der Waals surface area contributed by atoms with E-state index in [4.69, 9.17) is 15.9 Å². The minimum atomic E-state index is -4.65. The maximum Gasteiger partial charge on any atom is 0.405 e. The molecular formula is C29H39F5N6O4. The monoisotopic (exact) mass is 630 g/mol. The van der Waals surface area contributed by atoms with Crippen LogP contribution in [0, 0.1) is 23.0 Å². The highest BCUT2D eigenvalue weighted by Gasteiger charge is 2.38. The number of aliphatic imine (C=N–C) groups is 1. The highest BCUT2D eigenvalue weighted by Crippen LogP contribution is 2.18. The summed E-state index contributed by atoms with van der Waals surface area (Å²) in [6.07, 6.45) is 0.790. The number of carbonyl (C=O) groups is 3. The number of ether oxygens (including phenoxy) is 1. The minimum absolute atomic E-state index is 0.000834. The van der Waals surface area contributed by atoms with Crippen LogP contribution in [0.25, 0.3) is 0 Å². The van der Waals surface area contributed by atoms with E-state index in [0.717, 1.165) is 22.7 Å². The molecule has 2 unspecified atom stereocenters. The molecule has 1 saturated heterocycles. The van der Waals surface area contributed by atoms with Crippen LogP contribution in [0.3, 0.4) is 0 Å². The zero-order chi connectivity index (χ0) is 33.7. The normalized spacial score (nSPS) is 16.6. The van der Waals surface area contributed by atoms with Gasteiger partial charge < -0.3 is 31.4 Å². The Bertz CT molecular complexity index is 1240. The lowest BCUT2D eigenvalue weighted by atomic mass is 9.94. The molecule has 0 aromatic heterocycles. The standard InChI is InChI=1S/C22H28F5N5O4.C7H11N/c1-21(2,29)20(35)31-17(10-36-9-12-3-4-13(23)7-15(12)24)19(34)32-6-5-16(28)14(8-32)18(33)30-11-22(25,26)27;1-4-5-6-7(2)8-3/h3-4,7,14,17,28H,5-6,8-11,29H2,1-2H3,(H,30,33)(H,31,35);4-6H,1H2,2-3H3/b;6-5-,8-7?. The largest absolute Gasteiger partial charge is 0.405 e. The molecule has 10 nitrogen and oxygen atoms in total. The summed E-state index contributed by atoms with van der Waals surface area (Å²) in [5.74, 6) is -5.46. The Kier molecular flexibility index (Phi) is 15.0. The molecule has 2 rings (SSSR count). The van der Waals surface area contributed by atoms with Gasteiger partial charge in [-0.15, -0.1) is 0 Å². The Hall–Kier alpha value is -3.98. The van der Waals surface area contributed by atoms with Gasteiger partial charge in [0.1, 0.15) is 24.2 Å². The first-order valence-corrected chi connectivity index (χ1v) is 13.4. The van der Waals surface area contributed by atoms with Crippen LogP contribution < -0.4 is 16.4 Å². The van der Waals surface area contributed by atoms with Gasteiger partial charge in [0.2, 0.25) is 17.7 Å². The lowest BCUT2D eigenvalue weighted by molar-refractivity contribution is -0.143. The minimum Gasteiger partial charge on any atom is -0.374 e. The fourth-order valence-electron chi connectivity index (χ4n) is 3.55. The third-order valence-electron chi connectivity index (χ3n) is 6.14. The van der Waals surface area contributed by atoms with E-state index in [-0.39, 0.29) is 37.4 Å². The van der Waals surface area contributed by atoms with Crippen LogP contribution >= 0.6 is 0 Å². The maximum atomic E-state index is 13.9. The van der Waals surface area contributed by atoms with Crippen LogP contribution in [-0.2, 0) is 25.7 Å². The van der Waals surface area contributed by atoms with Gasteiger partial charge in [-0.25, -0.2) is 8.78 Å². The first-order chi connectivity index (χ1) is 20.4.